The summed E-state index contributed by atoms with van der Waals surface area (Å²) >= 11 is 4.40. The van der Waals surface area contributed by atoms with Crippen LogP contribution in [0.15, 0.2) is 0 Å². The monoisotopic (exact) mass is 186 g/mol. The Morgan fingerprint density at radius 1 is 1.33 bits per heavy atom. The highest BCUT2D eigenvalue weighted by Gasteiger charge is 2.05. The minimum Gasteiger partial charge on any atom is -0.299 e. The maximum Gasteiger partial charge on any atom is 0.173 e. The van der Waals surface area contributed by atoms with E-state index in [2.05, 4.69) is 19.1 Å². The summed E-state index contributed by atoms with van der Waals surface area (Å²) in [4.78, 5) is 21.7. The van der Waals surface area contributed by atoms with Gasteiger partial charge in [0.1, 0.15) is 5.78 Å². The van der Waals surface area contributed by atoms with Crippen molar-refractivity contribution < 1.29 is 9.59 Å². The van der Waals surface area contributed by atoms with Crippen LogP contribution >= 0.6 is 12.2 Å². The van der Waals surface area contributed by atoms with Gasteiger partial charge < -0.3 is 0 Å². The number of carbonyl (C=O) groups is 2. The number of Topliss-reactive ketones (excluding diaryl/α,β-unsaturated/α-hetero) is 2. The van der Waals surface area contributed by atoms with Crippen LogP contribution in [-0.4, -0.2) is 16.9 Å². The van der Waals surface area contributed by atoms with Gasteiger partial charge in [0.2, 0.25) is 0 Å². The molecule has 0 spiro atoms. The predicted molar refractivity (Wildman–Crippen MR) is 52.4 cm³/mol. The van der Waals surface area contributed by atoms with Crippen molar-refractivity contribution in [1.29, 1.82) is 0 Å². The molecule has 0 saturated heterocycles. The SMILES string of the molecule is CCCCCC(=O)CC(=O)C=S. The molecule has 0 aromatic rings. The Bertz CT molecular complexity index is 175. The molecule has 2 nitrogen and oxygen atoms in total. The van der Waals surface area contributed by atoms with Gasteiger partial charge in [0.15, 0.2) is 5.78 Å². The third kappa shape index (κ3) is 6.16. The molecule has 0 heterocycles. The average molecular weight is 186 g/mol. The molecular formula is C9H14O2S. The first-order valence-electron chi connectivity index (χ1n) is 4.20. The van der Waals surface area contributed by atoms with Gasteiger partial charge in [-0.3, -0.25) is 9.59 Å². The number of carbonyl (C=O) groups excluding carboxylic acids is 2. The van der Waals surface area contributed by atoms with Gasteiger partial charge >= 0.3 is 0 Å². The van der Waals surface area contributed by atoms with E-state index in [9.17, 15) is 9.59 Å². The number of unbranched alkanes of at least 4 members (excludes halogenated alkanes) is 2. The first-order chi connectivity index (χ1) is 5.70. The number of thiocarbonyl (C=S) groups is 1. The van der Waals surface area contributed by atoms with Gasteiger partial charge in [-0.1, -0.05) is 32.0 Å². The van der Waals surface area contributed by atoms with E-state index in [1.807, 2.05) is 0 Å². The summed E-state index contributed by atoms with van der Waals surface area (Å²) in [5.41, 5.74) is 0. The first kappa shape index (κ1) is 11.4. The van der Waals surface area contributed by atoms with Gasteiger partial charge in [0, 0.05) is 11.8 Å². The molecule has 3 heteroatoms. The number of rotatable bonds is 7. The molecule has 0 atom stereocenters. The molecule has 0 unspecified atom stereocenters. The smallest absolute Gasteiger partial charge is 0.173 e. The summed E-state index contributed by atoms with van der Waals surface area (Å²) in [6.45, 7) is 2.08. The molecule has 0 aliphatic carbocycles. The summed E-state index contributed by atoms with van der Waals surface area (Å²) in [6, 6.07) is 0. The minimum atomic E-state index is -0.244. The lowest BCUT2D eigenvalue weighted by Crippen LogP contribution is -2.07. The Morgan fingerprint density at radius 2 is 2.00 bits per heavy atom. The van der Waals surface area contributed by atoms with Crippen molar-refractivity contribution in [1.82, 2.24) is 0 Å². The zero-order valence-corrected chi connectivity index (χ0v) is 8.15. The van der Waals surface area contributed by atoms with E-state index in [1.165, 1.54) is 0 Å². The molecule has 0 aromatic carbocycles. The standard InChI is InChI=1S/C9H14O2S/c1-2-3-4-5-8(10)6-9(11)7-12/h7H,2-6H2,1H3. The summed E-state index contributed by atoms with van der Waals surface area (Å²) in [6.07, 6.45) is 3.54. The predicted octanol–water partition coefficient (Wildman–Crippen LogP) is 2.09. The zero-order chi connectivity index (χ0) is 9.40. The molecule has 0 fully saturated rings. The van der Waals surface area contributed by atoms with Gasteiger partial charge in [-0.15, -0.1) is 0 Å². The lowest BCUT2D eigenvalue weighted by atomic mass is 10.1. The Labute approximate surface area is 78.3 Å². The van der Waals surface area contributed by atoms with Crippen LogP contribution in [-0.2, 0) is 9.59 Å². The van der Waals surface area contributed by atoms with Gasteiger partial charge in [0.05, 0.1) is 6.42 Å². The summed E-state index contributed by atoms with van der Waals surface area (Å²) < 4.78 is 0. The van der Waals surface area contributed by atoms with Crippen molar-refractivity contribution in [3.63, 3.8) is 0 Å². The highest BCUT2D eigenvalue weighted by Crippen LogP contribution is 2.01. The fraction of sp³-hybridized carbons (Fsp3) is 0.667. The molecule has 0 aliphatic rings. The van der Waals surface area contributed by atoms with Gasteiger partial charge in [-0.25, -0.2) is 0 Å². The number of ketones is 2. The van der Waals surface area contributed by atoms with Crippen LogP contribution in [0, 0.1) is 0 Å². The fourth-order valence-electron chi connectivity index (χ4n) is 0.897. The molecule has 68 valence electrons. The second-order valence-electron chi connectivity index (χ2n) is 2.76. The van der Waals surface area contributed by atoms with Crippen molar-refractivity contribution in [3.05, 3.63) is 0 Å². The third-order valence-corrected chi connectivity index (χ3v) is 1.82. The lowest BCUT2D eigenvalue weighted by molar-refractivity contribution is -0.123. The summed E-state index contributed by atoms with van der Waals surface area (Å²) in [7, 11) is 0. The van der Waals surface area contributed by atoms with Crippen LogP contribution in [0.5, 0.6) is 0 Å². The van der Waals surface area contributed by atoms with Crippen molar-refractivity contribution in [2.24, 2.45) is 0 Å². The van der Waals surface area contributed by atoms with Crippen LogP contribution < -0.4 is 0 Å². The minimum absolute atomic E-state index is 0.00673. The largest absolute Gasteiger partial charge is 0.299 e. The van der Waals surface area contributed by atoms with Crippen molar-refractivity contribution in [2.75, 3.05) is 0 Å². The second kappa shape index (κ2) is 7.10. The van der Waals surface area contributed by atoms with E-state index < -0.39 is 0 Å². The van der Waals surface area contributed by atoms with Gasteiger partial charge in [-0.2, -0.15) is 0 Å². The van der Waals surface area contributed by atoms with E-state index in [1.54, 1.807) is 0 Å². The Morgan fingerprint density at radius 3 is 2.50 bits per heavy atom. The zero-order valence-electron chi connectivity index (χ0n) is 7.34. The molecule has 0 bridgehead atoms. The van der Waals surface area contributed by atoms with Crippen LogP contribution in [0.4, 0.5) is 0 Å². The van der Waals surface area contributed by atoms with Gasteiger partial charge in [0.25, 0.3) is 0 Å². The summed E-state index contributed by atoms with van der Waals surface area (Å²) in [5.74, 6) is -0.235. The molecule has 0 amide bonds. The Hall–Kier alpha value is -0.570. The number of hydrogen-bond acceptors (Lipinski definition) is 3. The average Bonchev–Trinajstić information content (AvgIpc) is 2.05. The van der Waals surface area contributed by atoms with Crippen molar-refractivity contribution in [2.45, 2.75) is 39.0 Å². The van der Waals surface area contributed by atoms with E-state index in [0.29, 0.717) is 6.42 Å². The molecule has 0 aromatic heterocycles. The topological polar surface area (TPSA) is 34.1 Å². The lowest BCUT2D eigenvalue weighted by Gasteiger charge is -1.96. The molecule has 0 rings (SSSR count). The van der Waals surface area contributed by atoms with E-state index in [-0.39, 0.29) is 18.0 Å². The number of hydrogen-bond donors (Lipinski definition) is 0. The van der Waals surface area contributed by atoms with Crippen LogP contribution in [0.3, 0.4) is 0 Å². The van der Waals surface area contributed by atoms with Crippen molar-refractivity contribution in [3.8, 4) is 0 Å². The summed E-state index contributed by atoms with van der Waals surface area (Å²) in [5, 5.41) is 1.04. The normalized spacial score (nSPS) is 9.42. The maximum absolute atomic E-state index is 11.0. The highest BCUT2D eigenvalue weighted by atomic mass is 32.1. The second-order valence-corrected chi connectivity index (χ2v) is 2.99. The van der Waals surface area contributed by atoms with Crippen molar-refractivity contribution >= 4 is 29.2 Å². The van der Waals surface area contributed by atoms with Crippen LogP contribution in [0.1, 0.15) is 39.0 Å². The molecule has 0 radical (unpaired) electrons. The third-order valence-electron chi connectivity index (χ3n) is 1.56. The fourth-order valence-corrected chi connectivity index (χ4v) is 0.980. The molecule has 0 saturated carbocycles. The molecular weight excluding hydrogens is 172 g/mol. The highest BCUT2D eigenvalue weighted by molar-refractivity contribution is 7.80. The maximum atomic E-state index is 11.0. The van der Waals surface area contributed by atoms with Crippen LogP contribution in [0.2, 0.25) is 0 Å². The van der Waals surface area contributed by atoms with E-state index in [0.717, 1.165) is 24.6 Å². The molecule has 0 aliphatic heterocycles. The first-order valence-corrected chi connectivity index (χ1v) is 4.67. The van der Waals surface area contributed by atoms with E-state index in [4.69, 9.17) is 0 Å². The Balaban J connectivity index is 3.46. The van der Waals surface area contributed by atoms with Gasteiger partial charge in [-0.05, 0) is 6.42 Å². The molecule has 0 N–H and O–H groups in total. The van der Waals surface area contributed by atoms with Crippen LogP contribution in [0.25, 0.3) is 0 Å². The molecule has 12 heavy (non-hydrogen) atoms. The Kier molecular flexibility index (Phi) is 6.76. The van der Waals surface area contributed by atoms with E-state index >= 15 is 0 Å². The quantitative estimate of drug-likeness (QED) is 0.347.